The zero-order chi connectivity index (χ0) is 19.4. The maximum atomic E-state index is 11.6. The van der Waals surface area contributed by atoms with Crippen molar-refractivity contribution in [1.29, 1.82) is 0 Å². The number of aryl methyl sites for hydroxylation is 1. The van der Waals surface area contributed by atoms with Crippen LogP contribution in [0.3, 0.4) is 0 Å². The van der Waals surface area contributed by atoms with Gasteiger partial charge in [0, 0.05) is 23.5 Å². The van der Waals surface area contributed by atoms with E-state index < -0.39 is 9.84 Å². The Kier molecular flexibility index (Phi) is 5.65. The number of aromatic nitrogens is 1. The molecule has 0 bridgehead atoms. The molecule has 0 aliphatic rings. The first-order chi connectivity index (χ1) is 12.9. The zero-order valence-electron chi connectivity index (χ0n) is 15.8. The highest BCUT2D eigenvalue weighted by Crippen LogP contribution is 2.32. The average molecular weight is 385 g/mol. The molecule has 1 heterocycles. The monoisotopic (exact) mass is 384 g/mol. The third-order valence-electron chi connectivity index (χ3n) is 4.31. The van der Waals surface area contributed by atoms with E-state index in [9.17, 15) is 8.42 Å². The largest absolute Gasteiger partial charge is 0.494 e. The molecule has 1 N–H and O–H groups in total. The first kappa shape index (κ1) is 19.2. The molecule has 2 aromatic carbocycles. The van der Waals surface area contributed by atoms with Crippen molar-refractivity contribution in [3.8, 4) is 5.75 Å². The summed E-state index contributed by atoms with van der Waals surface area (Å²) < 4.78 is 29.0. The fourth-order valence-corrected chi connectivity index (χ4v) is 3.65. The van der Waals surface area contributed by atoms with Crippen LogP contribution < -0.4 is 10.1 Å². The van der Waals surface area contributed by atoms with Gasteiger partial charge >= 0.3 is 0 Å². The van der Waals surface area contributed by atoms with E-state index in [-0.39, 0.29) is 0 Å². The molecule has 3 rings (SSSR count). The van der Waals surface area contributed by atoms with Gasteiger partial charge in [-0.1, -0.05) is 13.3 Å². The van der Waals surface area contributed by atoms with Crippen LogP contribution in [0.1, 0.15) is 25.8 Å². The number of nitrogens with one attached hydrogen (secondary N) is 1. The lowest BCUT2D eigenvalue weighted by Gasteiger charge is -2.14. The fraction of sp³-hybridized carbons (Fsp3) is 0.286. The van der Waals surface area contributed by atoms with E-state index in [0.717, 1.165) is 46.4 Å². The Bertz CT molecular complexity index is 1040. The van der Waals surface area contributed by atoms with E-state index in [1.54, 1.807) is 30.5 Å². The summed E-state index contributed by atoms with van der Waals surface area (Å²) in [4.78, 5) is 4.78. The molecule has 27 heavy (non-hydrogen) atoms. The summed E-state index contributed by atoms with van der Waals surface area (Å²) in [6, 6.07) is 12.8. The van der Waals surface area contributed by atoms with Crippen molar-refractivity contribution < 1.29 is 13.2 Å². The lowest BCUT2D eigenvalue weighted by atomic mass is 10.0. The highest BCUT2D eigenvalue weighted by Gasteiger charge is 2.11. The van der Waals surface area contributed by atoms with Crippen molar-refractivity contribution in [2.24, 2.45) is 0 Å². The van der Waals surface area contributed by atoms with Gasteiger partial charge in [0.2, 0.25) is 0 Å². The first-order valence-electron chi connectivity index (χ1n) is 9.04. The Hall–Kier alpha value is -2.60. The summed E-state index contributed by atoms with van der Waals surface area (Å²) >= 11 is 0. The number of anilines is 2. The van der Waals surface area contributed by atoms with Crippen LogP contribution in [0.4, 0.5) is 11.5 Å². The first-order valence-corrected chi connectivity index (χ1v) is 10.9. The van der Waals surface area contributed by atoms with Gasteiger partial charge in [-0.05, 0) is 66.8 Å². The van der Waals surface area contributed by atoms with Crippen LogP contribution in [-0.4, -0.2) is 26.3 Å². The van der Waals surface area contributed by atoms with Crippen LogP contribution >= 0.6 is 0 Å². The molecule has 0 fully saturated rings. The zero-order valence-corrected chi connectivity index (χ0v) is 16.6. The Morgan fingerprint density at radius 2 is 1.81 bits per heavy atom. The predicted octanol–water partition coefficient (Wildman–Crippen LogP) is 4.73. The number of hydrogen-bond donors (Lipinski definition) is 1. The lowest BCUT2D eigenvalue weighted by molar-refractivity contribution is 0.337. The van der Waals surface area contributed by atoms with E-state index in [4.69, 9.17) is 4.74 Å². The molecule has 0 atom stereocenters. The smallest absolute Gasteiger partial charge is 0.175 e. The molecule has 0 amide bonds. The maximum absolute atomic E-state index is 11.6. The van der Waals surface area contributed by atoms with E-state index in [1.807, 2.05) is 13.0 Å². The molecule has 142 valence electrons. The van der Waals surface area contributed by atoms with E-state index >= 15 is 0 Å². The molecule has 0 saturated heterocycles. The number of fused-ring (bicyclic) bond motifs is 1. The van der Waals surface area contributed by atoms with Crippen LogP contribution in [0.5, 0.6) is 5.75 Å². The van der Waals surface area contributed by atoms with Gasteiger partial charge in [-0.15, -0.1) is 0 Å². The summed E-state index contributed by atoms with van der Waals surface area (Å²) in [6.45, 7) is 4.76. The van der Waals surface area contributed by atoms with E-state index in [2.05, 4.69) is 29.4 Å². The van der Waals surface area contributed by atoms with Crippen molar-refractivity contribution in [3.05, 3.63) is 54.2 Å². The minimum atomic E-state index is -3.21. The molecule has 0 aliphatic heterocycles. The molecule has 0 aliphatic carbocycles. The lowest BCUT2D eigenvalue weighted by Crippen LogP contribution is -2.00. The van der Waals surface area contributed by atoms with Gasteiger partial charge in [0.25, 0.3) is 0 Å². The van der Waals surface area contributed by atoms with Crippen molar-refractivity contribution in [2.75, 3.05) is 18.2 Å². The molecular weight excluding hydrogens is 360 g/mol. The number of sulfone groups is 1. The standard InChI is InChI=1S/C21H24N2O3S/c1-4-6-16-13-19-15(14-20(16)26-5-2)11-12-22-21(19)23-17-7-9-18(10-8-17)27(3,24)25/h7-14H,4-6H2,1-3H3,(H,22,23). The number of benzene rings is 2. The van der Waals surface area contributed by atoms with Crippen LogP contribution in [0.25, 0.3) is 10.8 Å². The van der Waals surface area contributed by atoms with Crippen molar-refractivity contribution >= 4 is 32.1 Å². The number of nitrogens with zero attached hydrogens (tertiary/aromatic N) is 1. The number of pyridine rings is 1. The minimum Gasteiger partial charge on any atom is -0.494 e. The van der Waals surface area contributed by atoms with Gasteiger partial charge in [-0.25, -0.2) is 13.4 Å². The Morgan fingerprint density at radius 1 is 1.07 bits per heavy atom. The molecule has 0 radical (unpaired) electrons. The third-order valence-corrected chi connectivity index (χ3v) is 5.44. The minimum absolute atomic E-state index is 0.297. The van der Waals surface area contributed by atoms with E-state index in [0.29, 0.717) is 11.5 Å². The summed E-state index contributed by atoms with van der Waals surface area (Å²) in [6.07, 6.45) is 4.92. The molecular formula is C21H24N2O3S. The number of rotatable bonds is 7. The normalized spacial score (nSPS) is 11.5. The quantitative estimate of drug-likeness (QED) is 0.638. The van der Waals surface area contributed by atoms with Crippen LogP contribution in [0, 0.1) is 0 Å². The summed E-state index contributed by atoms with van der Waals surface area (Å²) in [5.41, 5.74) is 1.95. The van der Waals surface area contributed by atoms with Gasteiger partial charge in [0.05, 0.1) is 11.5 Å². The molecule has 6 heteroatoms. The summed E-state index contributed by atoms with van der Waals surface area (Å²) in [7, 11) is -3.21. The van der Waals surface area contributed by atoms with Gasteiger partial charge in [0.1, 0.15) is 11.6 Å². The van der Waals surface area contributed by atoms with Crippen molar-refractivity contribution in [3.63, 3.8) is 0 Å². The summed E-state index contributed by atoms with van der Waals surface area (Å²) in [5, 5.41) is 5.36. The van der Waals surface area contributed by atoms with Crippen LogP contribution in [-0.2, 0) is 16.3 Å². The Balaban J connectivity index is 2.00. The van der Waals surface area contributed by atoms with Crippen LogP contribution in [0.2, 0.25) is 0 Å². The Morgan fingerprint density at radius 3 is 2.44 bits per heavy atom. The highest BCUT2D eigenvalue weighted by atomic mass is 32.2. The molecule has 0 saturated carbocycles. The second-order valence-corrected chi connectivity index (χ2v) is 8.46. The van der Waals surface area contributed by atoms with Crippen molar-refractivity contribution in [1.82, 2.24) is 4.98 Å². The topological polar surface area (TPSA) is 68.3 Å². The number of hydrogen-bond acceptors (Lipinski definition) is 5. The second kappa shape index (κ2) is 7.96. The van der Waals surface area contributed by atoms with Crippen molar-refractivity contribution in [2.45, 2.75) is 31.6 Å². The highest BCUT2D eigenvalue weighted by molar-refractivity contribution is 7.90. The third kappa shape index (κ3) is 4.39. The second-order valence-electron chi connectivity index (χ2n) is 6.45. The Labute approximate surface area is 160 Å². The van der Waals surface area contributed by atoms with Crippen LogP contribution in [0.15, 0.2) is 53.6 Å². The molecule has 5 nitrogen and oxygen atoms in total. The maximum Gasteiger partial charge on any atom is 0.175 e. The molecule has 3 aromatic rings. The number of ether oxygens (including phenoxy) is 1. The predicted molar refractivity (Wildman–Crippen MR) is 110 cm³/mol. The summed E-state index contributed by atoms with van der Waals surface area (Å²) in [5.74, 6) is 1.65. The van der Waals surface area contributed by atoms with Gasteiger partial charge in [0.15, 0.2) is 9.84 Å². The molecule has 0 unspecified atom stereocenters. The van der Waals surface area contributed by atoms with Gasteiger partial charge in [-0.3, -0.25) is 0 Å². The molecule has 0 spiro atoms. The fourth-order valence-electron chi connectivity index (χ4n) is 3.02. The SMILES string of the molecule is CCCc1cc2c(Nc3ccc(S(C)(=O)=O)cc3)nccc2cc1OCC. The average Bonchev–Trinajstić information content (AvgIpc) is 2.63. The molecule has 1 aromatic heterocycles. The van der Waals surface area contributed by atoms with Gasteiger partial charge < -0.3 is 10.1 Å². The van der Waals surface area contributed by atoms with E-state index in [1.165, 1.54) is 6.26 Å². The van der Waals surface area contributed by atoms with Gasteiger partial charge in [-0.2, -0.15) is 0 Å².